The van der Waals surface area contributed by atoms with E-state index in [0.717, 1.165) is 12.8 Å². The van der Waals surface area contributed by atoms with E-state index in [1.54, 1.807) is 11.1 Å². The molecule has 148 valence electrons. The predicted molar refractivity (Wildman–Crippen MR) is 133 cm³/mol. The second-order valence-electron chi connectivity index (χ2n) is 7.81. The van der Waals surface area contributed by atoms with Crippen LogP contribution in [0.1, 0.15) is 51.3 Å². The van der Waals surface area contributed by atoms with Crippen molar-refractivity contribution in [3.05, 3.63) is 68.4 Å². The zero-order chi connectivity index (χ0) is 20.1. The minimum Gasteiger partial charge on any atom is -0.140 e. The van der Waals surface area contributed by atoms with E-state index in [0.29, 0.717) is 11.8 Å². The van der Waals surface area contributed by atoms with Crippen molar-refractivity contribution in [2.75, 3.05) is 0 Å². The number of halogens is 2. The lowest BCUT2D eigenvalue weighted by molar-refractivity contribution is 0.942. The van der Waals surface area contributed by atoms with Gasteiger partial charge in [-0.1, -0.05) is 24.3 Å². The third kappa shape index (κ3) is 3.25. The zero-order valence-electron chi connectivity index (χ0n) is 16.6. The van der Waals surface area contributed by atoms with Gasteiger partial charge in [0.05, 0.1) is 0 Å². The predicted octanol–water partition coefficient (Wildman–Crippen LogP) is 9.31. The molecule has 0 aliphatic heterocycles. The molecule has 1 aliphatic rings. The summed E-state index contributed by atoms with van der Waals surface area (Å²) in [4.78, 5) is 2.84. The summed E-state index contributed by atoms with van der Waals surface area (Å²) in [5.74, 6) is 1.14. The lowest BCUT2D eigenvalue weighted by atomic mass is 9.93. The van der Waals surface area contributed by atoms with Crippen molar-refractivity contribution >= 4 is 77.2 Å². The summed E-state index contributed by atoms with van der Waals surface area (Å²) in [5.41, 5.74) is 8.43. The van der Waals surface area contributed by atoms with E-state index in [1.807, 2.05) is 22.7 Å². The van der Waals surface area contributed by atoms with Crippen LogP contribution in [-0.2, 0) is 11.8 Å². The van der Waals surface area contributed by atoms with E-state index < -0.39 is 0 Å². The lowest BCUT2D eigenvalue weighted by Gasteiger charge is -2.10. The lowest BCUT2D eigenvalue weighted by Crippen LogP contribution is -1.89. The first-order chi connectivity index (χ1) is 14.1. The molecule has 0 N–H and O–H groups in total. The van der Waals surface area contributed by atoms with Crippen LogP contribution in [0.15, 0.2) is 36.4 Å². The highest BCUT2D eigenvalue weighted by Crippen LogP contribution is 2.49. The maximum atomic E-state index is 6.07. The Labute approximate surface area is 189 Å². The van der Waals surface area contributed by atoms with Crippen molar-refractivity contribution in [3.8, 4) is 0 Å². The van der Waals surface area contributed by atoms with Gasteiger partial charge < -0.3 is 0 Å². The van der Waals surface area contributed by atoms with Crippen LogP contribution < -0.4 is 0 Å². The third-order valence-electron chi connectivity index (χ3n) is 5.99. The SMILES string of the molecule is Cc1sc2cc(CCl)ccc2c1C1=C(c2c(C)sc3cc(CCl)ccc23)CCC1. The highest BCUT2D eigenvalue weighted by molar-refractivity contribution is 7.19. The fourth-order valence-electron chi connectivity index (χ4n) is 4.74. The fraction of sp³-hybridized carbons (Fsp3) is 0.280. The van der Waals surface area contributed by atoms with Crippen LogP contribution in [0, 0.1) is 13.8 Å². The topological polar surface area (TPSA) is 0 Å². The van der Waals surface area contributed by atoms with Gasteiger partial charge in [0.15, 0.2) is 0 Å². The van der Waals surface area contributed by atoms with Gasteiger partial charge in [-0.05, 0) is 78.6 Å². The number of allylic oxidation sites excluding steroid dienone is 2. The Balaban J connectivity index is 1.74. The Morgan fingerprint density at radius 2 is 1.17 bits per heavy atom. The molecule has 0 bridgehead atoms. The Kier molecular flexibility index (Phi) is 5.24. The minimum absolute atomic E-state index is 0.570. The normalized spacial score (nSPS) is 14.6. The summed E-state index contributed by atoms with van der Waals surface area (Å²) in [6.45, 7) is 4.54. The number of rotatable bonds is 4. The number of alkyl halides is 2. The second-order valence-corrected chi connectivity index (χ2v) is 10.9. The molecular weight excluding hydrogens is 435 g/mol. The van der Waals surface area contributed by atoms with Crippen molar-refractivity contribution in [2.45, 2.75) is 44.9 Å². The van der Waals surface area contributed by atoms with E-state index in [2.05, 4.69) is 50.2 Å². The summed E-state index contributed by atoms with van der Waals surface area (Å²) >= 11 is 16.0. The molecule has 29 heavy (non-hydrogen) atoms. The summed E-state index contributed by atoms with van der Waals surface area (Å²) in [7, 11) is 0. The molecule has 4 heteroatoms. The summed E-state index contributed by atoms with van der Waals surface area (Å²) in [6, 6.07) is 13.4. The monoisotopic (exact) mass is 456 g/mol. The summed E-state index contributed by atoms with van der Waals surface area (Å²) in [6.07, 6.45) is 3.56. The van der Waals surface area contributed by atoms with Crippen molar-refractivity contribution in [3.63, 3.8) is 0 Å². The number of aryl methyl sites for hydroxylation is 2. The second kappa shape index (κ2) is 7.74. The molecule has 0 unspecified atom stereocenters. The number of benzene rings is 2. The van der Waals surface area contributed by atoms with E-state index >= 15 is 0 Å². The quantitative estimate of drug-likeness (QED) is 0.268. The molecule has 0 atom stereocenters. The molecular formula is C25H22Cl2S2. The molecule has 0 radical (unpaired) electrons. The maximum absolute atomic E-state index is 6.07. The van der Waals surface area contributed by atoms with E-state index in [-0.39, 0.29) is 0 Å². The van der Waals surface area contributed by atoms with E-state index in [9.17, 15) is 0 Å². The first kappa shape index (κ1) is 19.6. The van der Waals surface area contributed by atoms with Gasteiger partial charge in [0.1, 0.15) is 0 Å². The summed E-state index contributed by atoms with van der Waals surface area (Å²) < 4.78 is 2.71. The molecule has 1 aliphatic carbocycles. The van der Waals surface area contributed by atoms with Crippen molar-refractivity contribution in [2.24, 2.45) is 0 Å². The number of fused-ring (bicyclic) bond motifs is 2. The van der Waals surface area contributed by atoms with Crippen molar-refractivity contribution < 1.29 is 0 Å². The largest absolute Gasteiger partial charge is 0.140 e. The Bertz CT molecular complexity index is 1180. The zero-order valence-corrected chi connectivity index (χ0v) is 19.7. The van der Waals surface area contributed by atoms with Crippen LogP contribution in [-0.4, -0.2) is 0 Å². The van der Waals surface area contributed by atoms with Gasteiger partial charge in [0.25, 0.3) is 0 Å². The van der Waals surface area contributed by atoms with Gasteiger partial charge in [-0.2, -0.15) is 0 Å². The van der Waals surface area contributed by atoms with Gasteiger partial charge >= 0.3 is 0 Å². The smallest absolute Gasteiger partial charge is 0.0474 e. The molecule has 0 spiro atoms. The van der Waals surface area contributed by atoms with Crippen LogP contribution >= 0.6 is 45.9 Å². The van der Waals surface area contributed by atoms with E-state index in [4.69, 9.17) is 23.2 Å². The van der Waals surface area contributed by atoms with Gasteiger partial charge in [-0.25, -0.2) is 0 Å². The first-order valence-electron chi connectivity index (χ1n) is 9.99. The van der Waals surface area contributed by atoms with Gasteiger partial charge in [0.2, 0.25) is 0 Å². The molecule has 0 fully saturated rings. The maximum Gasteiger partial charge on any atom is 0.0474 e. The first-order valence-corrected chi connectivity index (χ1v) is 12.7. The fourth-order valence-corrected chi connectivity index (χ4v) is 7.38. The highest BCUT2D eigenvalue weighted by atomic mass is 35.5. The molecule has 0 nitrogen and oxygen atoms in total. The third-order valence-corrected chi connectivity index (χ3v) is 8.74. The Morgan fingerprint density at radius 1 is 0.724 bits per heavy atom. The van der Waals surface area contributed by atoms with E-state index in [1.165, 1.54) is 58.6 Å². The van der Waals surface area contributed by atoms with Crippen LogP contribution in [0.4, 0.5) is 0 Å². The summed E-state index contributed by atoms with van der Waals surface area (Å²) in [5, 5.41) is 2.77. The van der Waals surface area contributed by atoms with Gasteiger partial charge in [0, 0.05) is 41.7 Å². The van der Waals surface area contributed by atoms with Crippen LogP contribution in [0.25, 0.3) is 31.3 Å². The molecule has 0 saturated heterocycles. The molecule has 0 saturated carbocycles. The highest BCUT2D eigenvalue weighted by Gasteiger charge is 2.25. The Morgan fingerprint density at radius 3 is 1.59 bits per heavy atom. The van der Waals surface area contributed by atoms with Crippen LogP contribution in [0.3, 0.4) is 0 Å². The molecule has 0 amide bonds. The molecule has 2 heterocycles. The standard InChI is InChI=1S/C25H22Cl2S2/c1-14-24(20-8-6-16(12-26)10-22(20)28-14)18-4-3-5-19(18)25-15(2)29-23-11-17(13-27)7-9-21(23)25/h6-11H,3-5,12-13H2,1-2H3. The molecule has 4 aromatic rings. The molecule has 2 aromatic carbocycles. The number of thiophene rings is 2. The Hall–Kier alpha value is -1.32. The van der Waals surface area contributed by atoms with Crippen LogP contribution in [0.5, 0.6) is 0 Å². The van der Waals surface area contributed by atoms with Gasteiger partial charge in [-0.3, -0.25) is 0 Å². The number of hydrogen-bond donors (Lipinski definition) is 0. The molecule has 5 rings (SSSR count). The minimum atomic E-state index is 0.570. The van der Waals surface area contributed by atoms with Crippen molar-refractivity contribution in [1.82, 2.24) is 0 Å². The average Bonchev–Trinajstić information content (AvgIpc) is 3.39. The van der Waals surface area contributed by atoms with Crippen LogP contribution in [0.2, 0.25) is 0 Å². The number of hydrogen-bond acceptors (Lipinski definition) is 2. The molecule has 2 aromatic heterocycles. The van der Waals surface area contributed by atoms with Gasteiger partial charge in [-0.15, -0.1) is 45.9 Å². The van der Waals surface area contributed by atoms with Crippen molar-refractivity contribution in [1.29, 1.82) is 0 Å². The average molecular weight is 457 g/mol.